The predicted octanol–water partition coefficient (Wildman–Crippen LogP) is 2.33. The third kappa shape index (κ3) is 2.08. The van der Waals surface area contributed by atoms with Gasteiger partial charge in [0.1, 0.15) is 0 Å². The fraction of sp³-hybridized carbons (Fsp3) is 0.200. The fourth-order valence-electron chi connectivity index (χ4n) is 0.554. The molecule has 0 fully saturated rings. The Labute approximate surface area is 94.1 Å². The molecule has 1 aromatic heterocycles. The van der Waals surface area contributed by atoms with Crippen LogP contribution in [0.5, 0.6) is 6.01 Å². The lowest BCUT2D eigenvalue weighted by atomic mass is 10.6. The lowest BCUT2D eigenvalue weighted by Gasteiger charge is -1.89. The van der Waals surface area contributed by atoms with Gasteiger partial charge in [-0.3, -0.25) is 0 Å². The van der Waals surface area contributed by atoms with Gasteiger partial charge in [-0.25, -0.2) is 4.68 Å². The highest BCUT2D eigenvalue weighted by molar-refractivity contribution is 9.29. The SMILES string of the molecule is Cn1nc(C(Br)=C(Br)Br)nc1O. The zero-order chi connectivity index (χ0) is 9.30. The summed E-state index contributed by atoms with van der Waals surface area (Å²) < 4.78 is 2.62. The molecule has 0 saturated carbocycles. The molecule has 0 atom stereocenters. The van der Waals surface area contributed by atoms with E-state index >= 15 is 0 Å². The van der Waals surface area contributed by atoms with Crippen LogP contribution in [0.25, 0.3) is 4.48 Å². The lowest BCUT2D eigenvalue weighted by molar-refractivity contribution is 0.402. The van der Waals surface area contributed by atoms with Gasteiger partial charge < -0.3 is 5.11 Å². The minimum atomic E-state index is -0.122. The number of aromatic hydroxyl groups is 1. The Morgan fingerprint density at radius 3 is 2.33 bits per heavy atom. The van der Waals surface area contributed by atoms with Gasteiger partial charge in [0, 0.05) is 7.05 Å². The van der Waals surface area contributed by atoms with Gasteiger partial charge in [-0.1, -0.05) is 0 Å². The maximum Gasteiger partial charge on any atom is 0.312 e. The molecule has 0 bridgehead atoms. The van der Waals surface area contributed by atoms with Crippen molar-refractivity contribution >= 4 is 52.3 Å². The third-order valence-corrected chi connectivity index (χ3v) is 3.71. The van der Waals surface area contributed by atoms with Gasteiger partial charge in [0.15, 0.2) is 5.82 Å². The van der Waals surface area contributed by atoms with Gasteiger partial charge in [-0.2, -0.15) is 4.98 Å². The molecule has 0 saturated heterocycles. The van der Waals surface area contributed by atoms with Gasteiger partial charge in [0.25, 0.3) is 0 Å². The molecule has 0 unspecified atom stereocenters. The topological polar surface area (TPSA) is 50.9 Å². The van der Waals surface area contributed by atoms with Crippen molar-refractivity contribution in [2.24, 2.45) is 7.05 Å². The second-order valence-electron chi connectivity index (χ2n) is 1.93. The van der Waals surface area contributed by atoms with E-state index in [9.17, 15) is 0 Å². The first kappa shape index (κ1) is 10.2. The van der Waals surface area contributed by atoms with Gasteiger partial charge in [0.05, 0.1) is 7.87 Å². The van der Waals surface area contributed by atoms with E-state index in [4.69, 9.17) is 5.11 Å². The minimum absolute atomic E-state index is 0.122. The average Bonchev–Trinajstić information content (AvgIpc) is 2.30. The molecule has 1 aromatic rings. The van der Waals surface area contributed by atoms with Crippen LogP contribution in [0.3, 0.4) is 0 Å². The largest absolute Gasteiger partial charge is 0.479 e. The van der Waals surface area contributed by atoms with E-state index in [2.05, 4.69) is 57.9 Å². The molecular weight excluding hydrogens is 358 g/mol. The Morgan fingerprint density at radius 1 is 1.42 bits per heavy atom. The summed E-state index contributed by atoms with van der Waals surface area (Å²) in [5, 5.41) is 13.0. The van der Waals surface area contributed by atoms with Gasteiger partial charge in [-0.15, -0.1) is 5.10 Å². The van der Waals surface area contributed by atoms with Crippen LogP contribution in [-0.4, -0.2) is 19.9 Å². The predicted molar refractivity (Wildman–Crippen MR) is 56.4 cm³/mol. The van der Waals surface area contributed by atoms with Crippen molar-refractivity contribution in [3.8, 4) is 6.01 Å². The van der Waals surface area contributed by atoms with Crippen molar-refractivity contribution in [3.05, 3.63) is 9.22 Å². The summed E-state index contributed by atoms with van der Waals surface area (Å²) in [6, 6.07) is -0.122. The molecule has 1 N–H and O–H groups in total. The quantitative estimate of drug-likeness (QED) is 0.835. The molecule has 0 spiro atoms. The van der Waals surface area contributed by atoms with E-state index in [0.717, 1.165) is 0 Å². The highest BCUT2D eigenvalue weighted by Crippen LogP contribution is 2.30. The number of aromatic nitrogens is 3. The summed E-state index contributed by atoms with van der Waals surface area (Å²) >= 11 is 9.61. The molecule has 7 heteroatoms. The summed E-state index contributed by atoms with van der Waals surface area (Å²) in [6.07, 6.45) is 0. The Hall–Kier alpha value is 0.120. The molecule has 0 amide bonds. The molecule has 12 heavy (non-hydrogen) atoms. The van der Waals surface area contributed by atoms with Crippen LogP contribution in [0.1, 0.15) is 5.82 Å². The number of hydrogen-bond donors (Lipinski definition) is 1. The number of nitrogens with zero attached hydrogens (tertiary/aromatic N) is 3. The van der Waals surface area contributed by atoms with Crippen molar-refractivity contribution in [2.45, 2.75) is 0 Å². The maximum atomic E-state index is 9.09. The Balaban J connectivity index is 3.14. The third-order valence-electron chi connectivity index (χ3n) is 1.10. The van der Waals surface area contributed by atoms with Crippen LogP contribution in [0.4, 0.5) is 0 Å². The number of halogens is 3. The van der Waals surface area contributed by atoms with Gasteiger partial charge >= 0.3 is 6.01 Å². The first-order valence-corrected chi connectivity index (χ1v) is 5.21. The summed E-state index contributed by atoms with van der Waals surface area (Å²) in [7, 11) is 1.61. The highest BCUT2D eigenvalue weighted by atomic mass is 79.9. The van der Waals surface area contributed by atoms with Crippen LogP contribution < -0.4 is 0 Å². The Morgan fingerprint density at radius 2 is 2.00 bits per heavy atom. The van der Waals surface area contributed by atoms with E-state index in [-0.39, 0.29) is 6.01 Å². The van der Waals surface area contributed by atoms with Crippen molar-refractivity contribution in [1.82, 2.24) is 14.8 Å². The monoisotopic (exact) mass is 359 g/mol. The van der Waals surface area contributed by atoms with Gasteiger partial charge in [-0.05, 0) is 47.8 Å². The highest BCUT2D eigenvalue weighted by Gasteiger charge is 2.10. The van der Waals surface area contributed by atoms with Crippen LogP contribution in [0.15, 0.2) is 3.39 Å². The lowest BCUT2D eigenvalue weighted by Crippen LogP contribution is -1.89. The normalized spacial score (nSPS) is 10.0. The van der Waals surface area contributed by atoms with Crippen molar-refractivity contribution < 1.29 is 5.11 Å². The van der Waals surface area contributed by atoms with Crippen molar-refractivity contribution in [1.29, 1.82) is 0 Å². The van der Waals surface area contributed by atoms with E-state index in [1.165, 1.54) is 4.68 Å². The zero-order valence-electron chi connectivity index (χ0n) is 5.92. The van der Waals surface area contributed by atoms with Crippen LogP contribution in [0, 0.1) is 0 Å². The fourth-order valence-corrected chi connectivity index (χ4v) is 1.08. The van der Waals surface area contributed by atoms with E-state index in [1.54, 1.807) is 7.05 Å². The van der Waals surface area contributed by atoms with Crippen LogP contribution in [-0.2, 0) is 7.05 Å². The molecule has 0 aliphatic rings. The first-order valence-electron chi connectivity index (χ1n) is 2.83. The Kier molecular flexibility index (Phi) is 3.30. The van der Waals surface area contributed by atoms with E-state index < -0.39 is 0 Å². The second kappa shape index (κ2) is 3.89. The maximum absolute atomic E-state index is 9.09. The van der Waals surface area contributed by atoms with Crippen LogP contribution in [0.2, 0.25) is 0 Å². The second-order valence-corrected chi connectivity index (χ2v) is 5.38. The average molecular weight is 362 g/mol. The van der Waals surface area contributed by atoms with Crippen molar-refractivity contribution in [2.75, 3.05) is 0 Å². The molecular formula is C5H4Br3N3O. The number of aryl methyl sites for hydroxylation is 1. The summed E-state index contributed by atoms with van der Waals surface area (Å²) in [6.45, 7) is 0. The molecule has 66 valence electrons. The Bertz CT molecular complexity index is 309. The zero-order valence-corrected chi connectivity index (χ0v) is 10.7. The molecule has 0 aliphatic carbocycles. The summed E-state index contributed by atoms with van der Waals surface area (Å²) in [4.78, 5) is 3.77. The molecule has 0 aliphatic heterocycles. The first-order chi connectivity index (χ1) is 5.52. The molecule has 4 nitrogen and oxygen atoms in total. The number of rotatable bonds is 1. The molecule has 1 heterocycles. The standard InChI is InChI=1S/C5H4Br3N3O/c1-11-5(12)9-4(10-11)2(6)3(7)8/h1H3,(H,9,10,12). The number of hydrogen-bond acceptors (Lipinski definition) is 3. The molecule has 0 aromatic carbocycles. The van der Waals surface area contributed by atoms with E-state index in [0.29, 0.717) is 13.7 Å². The molecule has 0 radical (unpaired) electrons. The smallest absolute Gasteiger partial charge is 0.312 e. The van der Waals surface area contributed by atoms with Gasteiger partial charge in [0.2, 0.25) is 0 Å². The summed E-state index contributed by atoms with van der Waals surface area (Å²) in [5.74, 6) is 0.416. The van der Waals surface area contributed by atoms with E-state index in [1.807, 2.05) is 0 Å². The van der Waals surface area contributed by atoms with Crippen molar-refractivity contribution in [3.63, 3.8) is 0 Å². The minimum Gasteiger partial charge on any atom is -0.479 e. The van der Waals surface area contributed by atoms with Crippen LogP contribution >= 0.6 is 47.8 Å². The molecule has 1 rings (SSSR count). The summed E-state index contributed by atoms with van der Waals surface area (Å²) in [5.41, 5.74) is 0.